The number of rotatable bonds is 7. The first-order valence-electron chi connectivity index (χ1n) is 13.2. The zero-order valence-corrected chi connectivity index (χ0v) is 22.1. The molecule has 1 saturated heterocycles. The van der Waals surface area contributed by atoms with Crippen molar-refractivity contribution >= 4 is 5.97 Å². The highest BCUT2D eigenvalue weighted by atomic mass is 16.5. The molecule has 0 amide bonds. The zero-order valence-electron chi connectivity index (χ0n) is 22.1. The van der Waals surface area contributed by atoms with Crippen LogP contribution in [0.4, 0.5) is 0 Å². The number of pyridine rings is 1. The quantitative estimate of drug-likeness (QED) is 0.473. The predicted molar refractivity (Wildman–Crippen MR) is 142 cm³/mol. The number of likely N-dealkylation sites (tertiary alicyclic amines) is 1. The van der Waals surface area contributed by atoms with E-state index in [0.29, 0.717) is 30.7 Å². The molecule has 0 spiro atoms. The Balaban J connectivity index is 1.44. The van der Waals surface area contributed by atoms with Crippen LogP contribution in [0.25, 0.3) is 0 Å². The lowest BCUT2D eigenvalue weighted by atomic mass is 9.83. The summed E-state index contributed by atoms with van der Waals surface area (Å²) in [5.74, 6) is -0.218. The van der Waals surface area contributed by atoms with Crippen LogP contribution in [0.1, 0.15) is 72.8 Å². The van der Waals surface area contributed by atoms with Crippen LogP contribution in [0, 0.1) is 5.92 Å². The number of hydrogen-bond donors (Lipinski definition) is 1. The summed E-state index contributed by atoms with van der Waals surface area (Å²) >= 11 is 0. The van der Waals surface area contributed by atoms with E-state index in [-0.39, 0.29) is 23.7 Å². The molecule has 4 heterocycles. The molecule has 0 unspecified atom stereocenters. The Hall–Kier alpha value is -3.65. The number of nitrogens with zero attached hydrogens (tertiary/aromatic N) is 2. The molecular weight excluding hydrogens is 484 g/mol. The summed E-state index contributed by atoms with van der Waals surface area (Å²) in [5.41, 5.74) is 2.45. The number of carbonyl (C=O) groups is 1. The van der Waals surface area contributed by atoms with Gasteiger partial charge >= 0.3 is 5.97 Å². The Bertz CT molecular complexity index is 1440. The number of benzene rings is 1. The van der Waals surface area contributed by atoms with Crippen molar-refractivity contribution in [3.8, 4) is 5.75 Å². The largest absolute Gasteiger partial charge is 0.502 e. The molecule has 2 bridgehead atoms. The molecule has 1 aromatic carbocycles. The minimum atomic E-state index is -0.671. The van der Waals surface area contributed by atoms with Crippen molar-refractivity contribution in [2.75, 3.05) is 20.2 Å². The molecule has 1 N–H and O–H groups in total. The number of piperidine rings is 1. The van der Waals surface area contributed by atoms with E-state index in [2.05, 4.69) is 18.7 Å². The Labute approximate surface area is 221 Å². The molecule has 2 aliphatic rings. The van der Waals surface area contributed by atoms with Crippen LogP contribution in [-0.4, -0.2) is 40.7 Å². The summed E-state index contributed by atoms with van der Waals surface area (Å²) in [6.45, 7) is 6.79. The number of hydrogen-bond acceptors (Lipinski definition) is 7. The van der Waals surface area contributed by atoms with Crippen molar-refractivity contribution in [1.29, 1.82) is 0 Å². The van der Waals surface area contributed by atoms with E-state index >= 15 is 0 Å². The third-order valence-corrected chi connectivity index (χ3v) is 7.86. The summed E-state index contributed by atoms with van der Waals surface area (Å²) in [6.07, 6.45) is 0.954. The van der Waals surface area contributed by atoms with E-state index in [0.717, 1.165) is 36.3 Å². The van der Waals surface area contributed by atoms with Gasteiger partial charge in [0.25, 0.3) is 5.56 Å². The van der Waals surface area contributed by atoms with Crippen molar-refractivity contribution in [2.24, 2.45) is 5.92 Å². The van der Waals surface area contributed by atoms with Crippen LogP contribution in [-0.2, 0) is 22.6 Å². The number of fused-ring (bicyclic) bond motifs is 4. The lowest BCUT2D eigenvalue weighted by Crippen LogP contribution is -2.46. The third-order valence-electron chi connectivity index (χ3n) is 7.86. The SMILES string of the molecule is COC(=O)C[C@H](c1ccc(C(C)C)cc1)c1oc(CN2C[C@H]3C[C@@H](C2)c2cccc(=O)n2C3)cc(=O)c1O. The van der Waals surface area contributed by atoms with Gasteiger partial charge in [-0.2, -0.15) is 0 Å². The standard InChI is InChI=1S/C30H34N2O6/c1-18(2)20-7-9-21(10-8-20)24(13-28(35)37-3)30-29(36)26(33)12-23(38-30)17-31-14-19-11-22(16-31)25-5-4-6-27(34)32(25)15-19/h4-10,12,18-19,22,24,36H,11,13-17H2,1-3H3/t19-,22+,24-/m1/s1. The van der Waals surface area contributed by atoms with E-state index in [4.69, 9.17) is 9.15 Å². The number of esters is 1. The van der Waals surface area contributed by atoms with E-state index in [1.807, 2.05) is 41.0 Å². The lowest BCUT2D eigenvalue weighted by Gasteiger charge is -2.42. The Morgan fingerprint density at radius 3 is 2.53 bits per heavy atom. The summed E-state index contributed by atoms with van der Waals surface area (Å²) in [6, 6.07) is 14.5. The van der Waals surface area contributed by atoms with Crippen LogP contribution >= 0.6 is 0 Å². The first kappa shape index (κ1) is 26.0. The Morgan fingerprint density at radius 2 is 1.82 bits per heavy atom. The van der Waals surface area contributed by atoms with Crippen LogP contribution in [0.3, 0.4) is 0 Å². The molecular formula is C30H34N2O6. The van der Waals surface area contributed by atoms with Gasteiger partial charge in [-0.1, -0.05) is 44.2 Å². The van der Waals surface area contributed by atoms with Gasteiger partial charge < -0.3 is 18.8 Å². The maximum Gasteiger partial charge on any atom is 0.306 e. The van der Waals surface area contributed by atoms with Gasteiger partial charge in [0, 0.05) is 43.4 Å². The van der Waals surface area contributed by atoms with Crippen LogP contribution < -0.4 is 11.0 Å². The molecule has 0 radical (unpaired) electrons. The molecule has 8 nitrogen and oxygen atoms in total. The molecule has 2 aromatic heterocycles. The van der Waals surface area contributed by atoms with E-state index in [1.165, 1.54) is 13.2 Å². The van der Waals surface area contributed by atoms with Gasteiger partial charge in [0.2, 0.25) is 11.2 Å². The normalized spacial score (nSPS) is 19.7. The highest BCUT2D eigenvalue weighted by Gasteiger charge is 2.35. The minimum Gasteiger partial charge on any atom is -0.502 e. The van der Waals surface area contributed by atoms with Gasteiger partial charge in [0.15, 0.2) is 5.76 Å². The first-order valence-corrected chi connectivity index (χ1v) is 13.2. The second kappa shape index (κ2) is 10.6. The van der Waals surface area contributed by atoms with Crippen molar-refractivity contribution in [3.63, 3.8) is 0 Å². The van der Waals surface area contributed by atoms with Gasteiger partial charge in [-0.15, -0.1) is 0 Å². The number of aromatic hydroxyl groups is 1. The van der Waals surface area contributed by atoms with Crippen molar-refractivity contribution < 1.29 is 19.1 Å². The van der Waals surface area contributed by atoms with Gasteiger partial charge in [-0.25, -0.2) is 0 Å². The topological polar surface area (TPSA) is 102 Å². The molecule has 0 aliphatic carbocycles. The average molecular weight is 519 g/mol. The van der Waals surface area contributed by atoms with Gasteiger partial charge in [0.05, 0.1) is 26.0 Å². The molecule has 3 atom stereocenters. The molecule has 3 aromatic rings. The highest BCUT2D eigenvalue weighted by molar-refractivity contribution is 5.71. The molecule has 5 rings (SSSR count). The number of ether oxygens (including phenoxy) is 1. The summed E-state index contributed by atoms with van der Waals surface area (Å²) < 4.78 is 13.0. The minimum absolute atomic E-state index is 0.0397. The fourth-order valence-electron chi connectivity index (χ4n) is 5.94. The fourth-order valence-corrected chi connectivity index (χ4v) is 5.94. The number of methoxy groups -OCH3 is 1. The number of carbonyl (C=O) groups excluding carboxylic acids is 1. The number of aromatic nitrogens is 1. The molecule has 2 aliphatic heterocycles. The smallest absolute Gasteiger partial charge is 0.306 e. The Morgan fingerprint density at radius 1 is 1.08 bits per heavy atom. The molecule has 200 valence electrons. The summed E-state index contributed by atoms with van der Waals surface area (Å²) in [7, 11) is 1.31. The van der Waals surface area contributed by atoms with E-state index < -0.39 is 23.1 Å². The summed E-state index contributed by atoms with van der Waals surface area (Å²) in [5, 5.41) is 10.8. The second-order valence-corrected chi connectivity index (χ2v) is 10.8. The van der Waals surface area contributed by atoms with Crippen molar-refractivity contribution in [3.05, 3.63) is 97.4 Å². The van der Waals surface area contributed by atoms with Gasteiger partial charge in [-0.3, -0.25) is 19.3 Å². The van der Waals surface area contributed by atoms with Gasteiger partial charge in [-0.05, 0) is 35.4 Å². The van der Waals surface area contributed by atoms with E-state index in [1.54, 1.807) is 6.07 Å². The maximum atomic E-state index is 12.9. The van der Waals surface area contributed by atoms with Crippen LogP contribution in [0.2, 0.25) is 0 Å². The fraction of sp³-hybridized carbons (Fsp3) is 0.433. The second-order valence-electron chi connectivity index (χ2n) is 10.8. The zero-order chi connectivity index (χ0) is 27.0. The van der Waals surface area contributed by atoms with Crippen LogP contribution in [0.15, 0.2) is 62.5 Å². The van der Waals surface area contributed by atoms with Crippen molar-refractivity contribution in [2.45, 2.75) is 57.5 Å². The average Bonchev–Trinajstić information content (AvgIpc) is 2.90. The first-order chi connectivity index (χ1) is 18.2. The molecule has 8 heteroatoms. The Kier molecular flexibility index (Phi) is 7.25. The molecule has 0 saturated carbocycles. The predicted octanol–water partition coefficient (Wildman–Crippen LogP) is 3.94. The maximum absolute atomic E-state index is 12.9. The van der Waals surface area contributed by atoms with Crippen molar-refractivity contribution in [1.82, 2.24) is 9.47 Å². The molecule has 1 fully saturated rings. The summed E-state index contributed by atoms with van der Waals surface area (Å²) in [4.78, 5) is 39.8. The lowest BCUT2D eigenvalue weighted by molar-refractivity contribution is -0.140. The monoisotopic (exact) mass is 518 g/mol. The van der Waals surface area contributed by atoms with Crippen LogP contribution in [0.5, 0.6) is 5.75 Å². The van der Waals surface area contributed by atoms with Gasteiger partial charge in [0.1, 0.15) is 5.76 Å². The highest BCUT2D eigenvalue weighted by Crippen LogP contribution is 2.37. The third kappa shape index (κ3) is 5.18. The van der Waals surface area contributed by atoms with E-state index in [9.17, 15) is 19.5 Å². The molecule has 38 heavy (non-hydrogen) atoms.